The first-order chi connectivity index (χ1) is 8.27. The molecule has 0 bridgehead atoms. The standard InChI is InChI=1S/C10H11N5O2/c16-15(17)9-2-1-3-12-10(9)13-5-7-14-6-4-11-8-14/h1-4,6,8H,5,7H2,(H,12,13). The number of hydrogen-bond acceptors (Lipinski definition) is 5. The normalized spacial score (nSPS) is 10.1. The number of nitro groups is 1. The summed E-state index contributed by atoms with van der Waals surface area (Å²) in [5, 5.41) is 13.7. The molecule has 0 fully saturated rings. The average Bonchev–Trinajstić information content (AvgIpc) is 2.82. The maximum absolute atomic E-state index is 10.7. The second kappa shape index (κ2) is 5.06. The zero-order valence-electron chi connectivity index (χ0n) is 8.98. The van der Waals surface area contributed by atoms with Crippen LogP contribution in [0.15, 0.2) is 37.1 Å². The second-order valence-electron chi connectivity index (χ2n) is 3.36. The summed E-state index contributed by atoms with van der Waals surface area (Å²) in [4.78, 5) is 18.1. The van der Waals surface area contributed by atoms with Gasteiger partial charge in [0.05, 0.1) is 11.3 Å². The van der Waals surface area contributed by atoms with E-state index in [1.807, 2.05) is 10.8 Å². The highest BCUT2D eigenvalue weighted by molar-refractivity contribution is 5.54. The fourth-order valence-electron chi connectivity index (χ4n) is 1.40. The fraction of sp³-hybridized carbons (Fsp3) is 0.200. The van der Waals surface area contributed by atoms with Gasteiger partial charge in [0.2, 0.25) is 5.82 Å². The topological polar surface area (TPSA) is 85.9 Å². The molecule has 0 radical (unpaired) electrons. The molecule has 2 aromatic heterocycles. The van der Waals surface area contributed by atoms with E-state index in [0.29, 0.717) is 13.1 Å². The molecule has 17 heavy (non-hydrogen) atoms. The molecular formula is C10H11N5O2. The van der Waals surface area contributed by atoms with Crippen LogP contribution in [0.3, 0.4) is 0 Å². The maximum atomic E-state index is 10.7. The van der Waals surface area contributed by atoms with Gasteiger partial charge in [-0.25, -0.2) is 9.97 Å². The second-order valence-corrected chi connectivity index (χ2v) is 3.36. The van der Waals surface area contributed by atoms with Gasteiger partial charge in [0, 0.05) is 37.7 Å². The molecule has 7 nitrogen and oxygen atoms in total. The number of nitrogens with zero attached hydrogens (tertiary/aromatic N) is 4. The summed E-state index contributed by atoms with van der Waals surface area (Å²) < 4.78 is 1.88. The average molecular weight is 233 g/mol. The third-order valence-electron chi connectivity index (χ3n) is 2.20. The van der Waals surface area contributed by atoms with Gasteiger partial charge in [-0.15, -0.1) is 0 Å². The van der Waals surface area contributed by atoms with Crippen molar-refractivity contribution in [3.63, 3.8) is 0 Å². The molecule has 0 spiro atoms. The Labute approximate surface area is 97.3 Å². The quantitative estimate of drug-likeness (QED) is 0.621. The van der Waals surface area contributed by atoms with Gasteiger partial charge in [-0.2, -0.15) is 0 Å². The number of hydrogen-bond donors (Lipinski definition) is 1. The van der Waals surface area contributed by atoms with E-state index in [4.69, 9.17) is 0 Å². The number of aromatic nitrogens is 3. The van der Waals surface area contributed by atoms with Crippen LogP contribution in [-0.2, 0) is 6.54 Å². The van der Waals surface area contributed by atoms with Crippen LogP contribution in [0.4, 0.5) is 11.5 Å². The first kappa shape index (κ1) is 11.1. The van der Waals surface area contributed by atoms with Crippen LogP contribution in [0, 0.1) is 10.1 Å². The van der Waals surface area contributed by atoms with Gasteiger partial charge in [-0.05, 0) is 6.07 Å². The Bertz CT molecular complexity index is 497. The minimum Gasteiger partial charge on any atom is -0.363 e. The molecule has 0 aliphatic heterocycles. The molecule has 0 saturated carbocycles. The van der Waals surface area contributed by atoms with Crippen molar-refractivity contribution in [1.82, 2.24) is 14.5 Å². The van der Waals surface area contributed by atoms with Gasteiger partial charge in [0.1, 0.15) is 0 Å². The Balaban J connectivity index is 1.97. The van der Waals surface area contributed by atoms with Gasteiger partial charge in [0.25, 0.3) is 0 Å². The van der Waals surface area contributed by atoms with Crippen molar-refractivity contribution in [3.8, 4) is 0 Å². The molecule has 1 N–H and O–H groups in total. The summed E-state index contributed by atoms with van der Waals surface area (Å²) in [7, 11) is 0. The predicted molar refractivity (Wildman–Crippen MR) is 61.6 cm³/mol. The lowest BCUT2D eigenvalue weighted by molar-refractivity contribution is -0.384. The molecule has 2 heterocycles. The number of pyridine rings is 1. The summed E-state index contributed by atoms with van der Waals surface area (Å²) in [6.45, 7) is 1.22. The lowest BCUT2D eigenvalue weighted by atomic mass is 10.4. The third-order valence-corrected chi connectivity index (χ3v) is 2.20. The van der Waals surface area contributed by atoms with Crippen LogP contribution in [0.2, 0.25) is 0 Å². The molecule has 7 heteroatoms. The lowest BCUT2D eigenvalue weighted by Crippen LogP contribution is -2.11. The lowest BCUT2D eigenvalue weighted by Gasteiger charge is -2.06. The van der Waals surface area contributed by atoms with Crippen LogP contribution in [0.25, 0.3) is 0 Å². The predicted octanol–water partition coefficient (Wildman–Crippen LogP) is 1.30. The molecule has 0 atom stereocenters. The Kier molecular flexibility index (Phi) is 3.29. The molecule has 0 aromatic carbocycles. The summed E-state index contributed by atoms with van der Waals surface area (Å²) in [6.07, 6.45) is 6.72. The molecule has 88 valence electrons. The minimum absolute atomic E-state index is 0.0156. The molecule has 0 aliphatic rings. The van der Waals surface area contributed by atoms with Crippen LogP contribution < -0.4 is 5.32 Å². The van der Waals surface area contributed by atoms with Gasteiger partial charge in [0.15, 0.2) is 0 Å². The highest BCUT2D eigenvalue weighted by atomic mass is 16.6. The van der Waals surface area contributed by atoms with Crippen LogP contribution in [0.5, 0.6) is 0 Å². The Morgan fingerprint density at radius 2 is 2.35 bits per heavy atom. The SMILES string of the molecule is O=[N+]([O-])c1cccnc1NCCn1ccnc1. The largest absolute Gasteiger partial charge is 0.363 e. The first-order valence-electron chi connectivity index (χ1n) is 5.06. The van der Waals surface area contributed by atoms with E-state index in [1.165, 1.54) is 12.3 Å². The zero-order chi connectivity index (χ0) is 12.1. The van der Waals surface area contributed by atoms with Crippen molar-refractivity contribution in [2.24, 2.45) is 0 Å². The van der Waals surface area contributed by atoms with Crippen molar-refractivity contribution in [2.75, 3.05) is 11.9 Å². The Morgan fingerprint density at radius 3 is 3.06 bits per heavy atom. The number of anilines is 1. The van der Waals surface area contributed by atoms with Crippen LogP contribution in [-0.4, -0.2) is 26.0 Å². The van der Waals surface area contributed by atoms with E-state index in [1.54, 1.807) is 18.6 Å². The van der Waals surface area contributed by atoms with Crippen LogP contribution in [0.1, 0.15) is 0 Å². The van der Waals surface area contributed by atoms with E-state index < -0.39 is 4.92 Å². The molecule has 0 amide bonds. The summed E-state index contributed by atoms with van der Waals surface area (Å²) in [6, 6.07) is 2.96. The van der Waals surface area contributed by atoms with Crippen molar-refractivity contribution in [3.05, 3.63) is 47.2 Å². The monoisotopic (exact) mass is 233 g/mol. The Morgan fingerprint density at radius 1 is 1.47 bits per heavy atom. The summed E-state index contributed by atoms with van der Waals surface area (Å²) in [5.41, 5.74) is -0.0156. The van der Waals surface area contributed by atoms with E-state index in [0.717, 1.165) is 0 Å². The summed E-state index contributed by atoms with van der Waals surface area (Å²) >= 11 is 0. The number of nitrogens with one attached hydrogen (secondary N) is 1. The zero-order valence-corrected chi connectivity index (χ0v) is 8.98. The highest BCUT2D eigenvalue weighted by Gasteiger charge is 2.12. The fourth-order valence-corrected chi connectivity index (χ4v) is 1.40. The van der Waals surface area contributed by atoms with Gasteiger partial charge in [-0.1, -0.05) is 0 Å². The van der Waals surface area contributed by atoms with Crippen LogP contribution >= 0.6 is 0 Å². The molecule has 0 aliphatic carbocycles. The minimum atomic E-state index is -0.452. The molecule has 2 aromatic rings. The molecule has 0 unspecified atom stereocenters. The first-order valence-corrected chi connectivity index (χ1v) is 5.06. The van der Waals surface area contributed by atoms with Crippen molar-refractivity contribution in [2.45, 2.75) is 6.54 Å². The van der Waals surface area contributed by atoms with E-state index in [2.05, 4.69) is 15.3 Å². The van der Waals surface area contributed by atoms with E-state index in [-0.39, 0.29) is 11.5 Å². The summed E-state index contributed by atoms with van der Waals surface area (Å²) in [5.74, 6) is 0.289. The number of rotatable bonds is 5. The highest BCUT2D eigenvalue weighted by Crippen LogP contribution is 2.19. The molecule has 2 rings (SSSR count). The van der Waals surface area contributed by atoms with Gasteiger partial charge in [-0.3, -0.25) is 10.1 Å². The van der Waals surface area contributed by atoms with E-state index >= 15 is 0 Å². The molecular weight excluding hydrogens is 222 g/mol. The third kappa shape index (κ3) is 2.77. The van der Waals surface area contributed by atoms with Gasteiger partial charge >= 0.3 is 5.69 Å². The smallest absolute Gasteiger partial charge is 0.311 e. The number of imidazole rings is 1. The van der Waals surface area contributed by atoms with E-state index in [9.17, 15) is 10.1 Å². The van der Waals surface area contributed by atoms with Crippen molar-refractivity contribution >= 4 is 11.5 Å². The van der Waals surface area contributed by atoms with Crippen molar-refractivity contribution < 1.29 is 4.92 Å². The van der Waals surface area contributed by atoms with Gasteiger partial charge < -0.3 is 9.88 Å². The Hall–Kier alpha value is -2.44. The van der Waals surface area contributed by atoms with Crippen molar-refractivity contribution in [1.29, 1.82) is 0 Å². The maximum Gasteiger partial charge on any atom is 0.311 e. The molecule has 0 saturated heterocycles.